The summed E-state index contributed by atoms with van der Waals surface area (Å²) < 4.78 is 7.22. The van der Waals surface area contributed by atoms with Crippen LogP contribution in [-0.2, 0) is 6.54 Å². The van der Waals surface area contributed by atoms with E-state index in [0.717, 1.165) is 16.6 Å². The van der Waals surface area contributed by atoms with Crippen molar-refractivity contribution in [1.29, 1.82) is 5.26 Å². The van der Waals surface area contributed by atoms with Crippen LogP contribution in [0.5, 0.6) is 5.88 Å². The number of hydrogen-bond acceptors (Lipinski definition) is 3. The van der Waals surface area contributed by atoms with E-state index in [1.807, 2.05) is 48.7 Å². The second-order valence-electron chi connectivity index (χ2n) is 4.50. The van der Waals surface area contributed by atoms with E-state index in [1.54, 1.807) is 7.11 Å². The Morgan fingerprint density at radius 3 is 2.95 bits per heavy atom. The van der Waals surface area contributed by atoms with Crippen LogP contribution < -0.4 is 4.74 Å². The molecule has 4 heteroatoms. The molecule has 0 bridgehead atoms. The zero-order valence-corrected chi connectivity index (χ0v) is 11.1. The van der Waals surface area contributed by atoms with E-state index >= 15 is 0 Å². The van der Waals surface area contributed by atoms with Crippen LogP contribution >= 0.6 is 0 Å². The zero-order chi connectivity index (χ0) is 13.9. The highest BCUT2D eigenvalue weighted by molar-refractivity contribution is 5.81. The minimum absolute atomic E-state index is 0.608. The fourth-order valence-corrected chi connectivity index (χ4v) is 2.23. The number of aromatic nitrogens is 2. The minimum Gasteiger partial charge on any atom is -0.481 e. The lowest BCUT2D eigenvalue weighted by molar-refractivity contribution is 0.396. The topological polar surface area (TPSA) is 50.8 Å². The lowest BCUT2D eigenvalue weighted by atomic mass is 10.2. The molecular formula is C16H13N3O. The van der Waals surface area contributed by atoms with Crippen molar-refractivity contribution in [2.24, 2.45) is 0 Å². The van der Waals surface area contributed by atoms with Gasteiger partial charge < -0.3 is 9.30 Å². The Morgan fingerprint density at radius 1 is 1.25 bits per heavy atom. The lowest BCUT2D eigenvalue weighted by Gasteiger charge is -2.06. The van der Waals surface area contributed by atoms with Crippen LogP contribution in [-0.4, -0.2) is 16.7 Å². The molecule has 0 aliphatic rings. The number of nitrogens with zero attached hydrogens (tertiary/aromatic N) is 3. The molecule has 0 N–H and O–H groups in total. The van der Waals surface area contributed by atoms with Gasteiger partial charge in [0, 0.05) is 17.8 Å². The summed E-state index contributed by atoms with van der Waals surface area (Å²) in [6.45, 7) is 0.648. The van der Waals surface area contributed by atoms with Gasteiger partial charge in [-0.15, -0.1) is 0 Å². The first-order chi connectivity index (χ1) is 9.80. The Kier molecular flexibility index (Phi) is 3.10. The van der Waals surface area contributed by atoms with Crippen LogP contribution in [0.25, 0.3) is 10.9 Å². The Morgan fingerprint density at radius 2 is 2.15 bits per heavy atom. The van der Waals surface area contributed by atoms with Gasteiger partial charge in [0.2, 0.25) is 5.88 Å². The summed E-state index contributed by atoms with van der Waals surface area (Å²) in [4.78, 5) is 4.41. The van der Waals surface area contributed by atoms with E-state index in [0.29, 0.717) is 18.0 Å². The third kappa shape index (κ3) is 2.21. The molecule has 4 nitrogen and oxygen atoms in total. The fourth-order valence-electron chi connectivity index (χ4n) is 2.23. The maximum absolute atomic E-state index is 9.00. The summed E-state index contributed by atoms with van der Waals surface area (Å²) in [5.41, 5.74) is 2.62. The van der Waals surface area contributed by atoms with Gasteiger partial charge in [0.15, 0.2) is 0 Å². The maximum Gasteiger partial charge on any atom is 0.213 e. The van der Waals surface area contributed by atoms with E-state index in [9.17, 15) is 0 Å². The molecule has 0 spiro atoms. The average molecular weight is 263 g/mol. The maximum atomic E-state index is 9.00. The highest BCUT2D eigenvalue weighted by Gasteiger charge is 2.04. The number of nitriles is 1. The normalized spacial score (nSPS) is 10.4. The Hall–Kier alpha value is -2.80. The second-order valence-corrected chi connectivity index (χ2v) is 4.50. The third-order valence-electron chi connectivity index (χ3n) is 3.23. The molecule has 0 radical (unpaired) electrons. The monoisotopic (exact) mass is 263 g/mol. The van der Waals surface area contributed by atoms with Crippen LogP contribution in [0.15, 0.2) is 48.7 Å². The first-order valence-electron chi connectivity index (χ1n) is 6.29. The number of rotatable bonds is 3. The summed E-state index contributed by atoms with van der Waals surface area (Å²) in [5, 5.41) is 10.1. The highest BCUT2D eigenvalue weighted by Crippen LogP contribution is 2.19. The SMILES string of the molecule is COc1cccc(Cn2ccc3ccc(C#N)cc32)n1. The molecule has 3 rings (SSSR count). The van der Waals surface area contributed by atoms with Gasteiger partial charge in [-0.2, -0.15) is 5.26 Å². The van der Waals surface area contributed by atoms with Crippen molar-refractivity contribution in [3.63, 3.8) is 0 Å². The van der Waals surface area contributed by atoms with Crippen LogP contribution in [0, 0.1) is 11.3 Å². The molecule has 2 aromatic heterocycles. The van der Waals surface area contributed by atoms with Crippen molar-refractivity contribution in [3.05, 3.63) is 59.9 Å². The van der Waals surface area contributed by atoms with Crippen LogP contribution in [0.2, 0.25) is 0 Å². The quantitative estimate of drug-likeness (QED) is 0.730. The standard InChI is InChI=1S/C16H13N3O/c1-20-16-4-2-3-14(18-16)11-19-8-7-13-6-5-12(10-17)9-15(13)19/h2-9H,11H2,1H3. The molecule has 3 aromatic rings. The largest absolute Gasteiger partial charge is 0.481 e. The van der Waals surface area contributed by atoms with Gasteiger partial charge in [-0.25, -0.2) is 4.98 Å². The van der Waals surface area contributed by atoms with Crippen molar-refractivity contribution in [1.82, 2.24) is 9.55 Å². The van der Waals surface area contributed by atoms with Gasteiger partial charge in [-0.05, 0) is 29.7 Å². The van der Waals surface area contributed by atoms with Gasteiger partial charge in [0.25, 0.3) is 0 Å². The first kappa shape index (κ1) is 12.2. The molecule has 0 aliphatic heterocycles. The molecule has 20 heavy (non-hydrogen) atoms. The molecule has 0 saturated carbocycles. The van der Waals surface area contributed by atoms with Gasteiger partial charge in [-0.3, -0.25) is 0 Å². The Bertz CT molecular complexity index is 799. The molecule has 0 aliphatic carbocycles. The number of benzene rings is 1. The Labute approximate surface area is 116 Å². The highest BCUT2D eigenvalue weighted by atomic mass is 16.5. The predicted octanol–water partition coefficient (Wildman–Crippen LogP) is 2.96. The molecule has 0 amide bonds. The van der Waals surface area contributed by atoms with Crippen LogP contribution in [0.4, 0.5) is 0 Å². The number of hydrogen-bond donors (Lipinski definition) is 0. The van der Waals surface area contributed by atoms with Crippen molar-refractivity contribution < 1.29 is 4.74 Å². The number of pyridine rings is 1. The fraction of sp³-hybridized carbons (Fsp3) is 0.125. The summed E-state index contributed by atoms with van der Waals surface area (Å²) in [7, 11) is 1.61. The van der Waals surface area contributed by atoms with Crippen molar-refractivity contribution in [3.8, 4) is 11.9 Å². The summed E-state index contributed by atoms with van der Waals surface area (Å²) in [6, 6.07) is 15.6. The van der Waals surface area contributed by atoms with E-state index in [4.69, 9.17) is 10.00 Å². The van der Waals surface area contributed by atoms with Crippen molar-refractivity contribution in [2.75, 3.05) is 7.11 Å². The first-order valence-corrected chi connectivity index (χ1v) is 6.29. The zero-order valence-electron chi connectivity index (χ0n) is 11.1. The Balaban J connectivity index is 2.00. The number of ether oxygens (including phenoxy) is 1. The van der Waals surface area contributed by atoms with Gasteiger partial charge >= 0.3 is 0 Å². The molecule has 2 heterocycles. The third-order valence-corrected chi connectivity index (χ3v) is 3.23. The van der Waals surface area contributed by atoms with Crippen LogP contribution in [0.1, 0.15) is 11.3 Å². The predicted molar refractivity (Wildman–Crippen MR) is 76.5 cm³/mol. The molecular weight excluding hydrogens is 250 g/mol. The van der Waals surface area contributed by atoms with Gasteiger partial charge in [0.1, 0.15) is 0 Å². The second kappa shape index (κ2) is 5.06. The summed E-state index contributed by atoms with van der Waals surface area (Å²) >= 11 is 0. The summed E-state index contributed by atoms with van der Waals surface area (Å²) in [5.74, 6) is 0.608. The minimum atomic E-state index is 0.608. The molecule has 98 valence electrons. The lowest BCUT2D eigenvalue weighted by Crippen LogP contribution is -2.01. The molecule has 0 saturated heterocycles. The molecule has 0 unspecified atom stereocenters. The van der Waals surface area contributed by atoms with Crippen molar-refractivity contribution >= 4 is 10.9 Å². The van der Waals surface area contributed by atoms with E-state index in [1.165, 1.54) is 0 Å². The number of methoxy groups -OCH3 is 1. The van der Waals surface area contributed by atoms with Crippen LogP contribution in [0.3, 0.4) is 0 Å². The molecule has 1 aromatic carbocycles. The molecule has 0 fully saturated rings. The number of fused-ring (bicyclic) bond motifs is 1. The van der Waals surface area contributed by atoms with Crippen molar-refractivity contribution in [2.45, 2.75) is 6.54 Å². The van der Waals surface area contributed by atoms with Gasteiger partial charge in [0.05, 0.1) is 31.0 Å². The smallest absolute Gasteiger partial charge is 0.213 e. The molecule has 0 atom stereocenters. The van der Waals surface area contributed by atoms with E-state index in [-0.39, 0.29) is 0 Å². The summed E-state index contributed by atoms with van der Waals surface area (Å²) in [6.07, 6.45) is 2.01. The van der Waals surface area contributed by atoms with E-state index < -0.39 is 0 Å². The average Bonchev–Trinajstić information content (AvgIpc) is 2.89. The van der Waals surface area contributed by atoms with E-state index in [2.05, 4.69) is 15.6 Å². The van der Waals surface area contributed by atoms with Gasteiger partial charge in [-0.1, -0.05) is 12.1 Å².